The summed E-state index contributed by atoms with van der Waals surface area (Å²) in [5.74, 6) is -0.681. The van der Waals surface area contributed by atoms with E-state index in [9.17, 15) is 18.5 Å². The predicted molar refractivity (Wildman–Crippen MR) is 73.1 cm³/mol. The highest BCUT2D eigenvalue weighted by atomic mass is 32.2. The SMILES string of the molecule is CCCS(=O)(=O)CC(=O)N[C@]1(C#N)CCC[C@H](C)C1. The van der Waals surface area contributed by atoms with E-state index in [1.807, 2.05) is 6.92 Å². The monoisotopic (exact) mass is 286 g/mol. The molecule has 0 aromatic heterocycles. The number of hydrogen-bond donors (Lipinski definition) is 1. The van der Waals surface area contributed by atoms with E-state index in [2.05, 4.69) is 11.4 Å². The molecule has 0 aliphatic heterocycles. The maximum absolute atomic E-state index is 11.8. The summed E-state index contributed by atoms with van der Waals surface area (Å²) < 4.78 is 23.2. The normalized spacial score (nSPS) is 27.5. The van der Waals surface area contributed by atoms with E-state index in [1.54, 1.807) is 6.92 Å². The molecule has 0 saturated heterocycles. The molecule has 1 saturated carbocycles. The number of carbonyl (C=O) groups excluding carboxylic acids is 1. The molecule has 1 amide bonds. The van der Waals surface area contributed by atoms with Crippen molar-refractivity contribution in [3.8, 4) is 6.07 Å². The first-order valence-corrected chi connectivity index (χ1v) is 8.57. The van der Waals surface area contributed by atoms with Crippen molar-refractivity contribution in [3.05, 3.63) is 0 Å². The fraction of sp³-hybridized carbons (Fsp3) is 0.846. The minimum absolute atomic E-state index is 0.0103. The van der Waals surface area contributed by atoms with Crippen LogP contribution in [0.25, 0.3) is 0 Å². The predicted octanol–water partition coefficient (Wildman–Crippen LogP) is 1.40. The van der Waals surface area contributed by atoms with Crippen LogP contribution in [0.3, 0.4) is 0 Å². The summed E-state index contributed by atoms with van der Waals surface area (Å²) in [4.78, 5) is 11.8. The second-order valence-electron chi connectivity index (χ2n) is 5.54. The fourth-order valence-electron chi connectivity index (χ4n) is 2.68. The van der Waals surface area contributed by atoms with Crippen LogP contribution < -0.4 is 5.32 Å². The largest absolute Gasteiger partial charge is 0.337 e. The van der Waals surface area contributed by atoms with Gasteiger partial charge in [0, 0.05) is 0 Å². The maximum atomic E-state index is 11.8. The van der Waals surface area contributed by atoms with Crippen LogP contribution >= 0.6 is 0 Å². The first-order chi connectivity index (χ1) is 8.82. The van der Waals surface area contributed by atoms with E-state index in [0.717, 1.165) is 12.8 Å². The van der Waals surface area contributed by atoms with Gasteiger partial charge in [-0.05, 0) is 31.6 Å². The molecule has 0 heterocycles. The minimum Gasteiger partial charge on any atom is -0.337 e. The molecule has 0 unspecified atom stereocenters. The third kappa shape index (κ3) is 4.83. The van der Waals surface area contributed by atoms with Gasteiger partial charge in [-0.3, -0.25) is 4.79 Å². The Morgan fingerprint density at radius 1 is 1.53 bits per heavy atom. The van der Waals surface area contributed by atoms with E-state index in [1.165, 1.54) is 0 Å². The summed E-state index contributed by atoms with van der Waals surface area (Å²) >= 11 is 0. The Kier molecular flexibility index (Phi) is 5.36. The number of nitriles is 1. The Morgan fingerprint density at radius 2 is 2.21 bits per heavy atom. The second kappa shape index (κ2) is 6.38. The number of carbonyl (C=O) groups is 1. The van der Waals surface area contributed by atoms with Crippen molar-refractivity contribution in [3.63, 3.8) is 0 Å². The van der Waals surface area contributed by atoms with Crippen molar-refractivity contribution in [1.29, 1.82) is 5.26 Å². The van der Waals surface area contributed by atoms with Crippen molar-refractivity contribution in [2.75, 3.05) is 11.5 Å². The first kappa shape index (κ1) is 16.0. The van der Waals surface area contributed by atoms with E-state index in [4.69, 9.17) is 0 Å². The van der Waals surface area contributed by atoms with Crippen molar-refractivity contribution in [2.24, 2.45) is 5.92 Å². The van der Waals surface area contributed by atoms with E-state index >= 15 is 0 Å². The fourth-order valence-corrected chi connectivity index (χ4v) is 3.92. The van der Waals surface area contributed by atoms with E-state index in [0.29, 0.717) is 25.2 Å². The second-order valence-corrected chi connectivity index (χ2v) is 7.72. The highest BCUT2D eigenvalue weighted by Gasteiger charge is 2.37. The Labute approximate surface area is 115 Å². The number of nitrogens with zero attached hydrogens (tertiary/aromatic N) is 1. The molecular formula is C13H22N2O3S. The minimum atomic E-state index is -3.35. The van der Waals surface area contributed by atoms with Crippen LogP contribution in [-0.4, -0.2) is 31.4 Å². The van der Waals surface area contributed by atoms with Gasteiger partial charge in [0.1, 0.15) is 11.3 Å². The summed E-state index contributed by atoms with van der Waals surface area (Å²) in [6, 6.07) is 2.17. The van der Waals surface area contributed by atoms with Crippen LogP contribution in [-0.2, 0) is 14.6 Å². The molecule has 6 heteroatoms. The van der Waals surface area contributed by atoms with E-state index < -0.39 is 27.0 Å². The van der Waals surface area contributed by atoms with Crippen LogP contribution in [0.15, 0.2) is 0 Å². The zero-order valence-corrected chi connectivity index (χ0v) is 12.4. The Bertz CT molecular complexity index is 467. The quantitative estimate of drug-likeness (QED) is 0.827. The third-order valence-corrected chi connectivity index (χ3v) is 5.19. The molecule has 0 bridgehead atoms. The van der Waals surface area contributed by atoms with Crippen molar-refractivity contribution < 1.29 is 13.2 Å². The lowest BCUT2D eigenvalue weighted by atomic mass is 9.77. The van der Waals surface area contributed by atoms with Crippen LogP contribution in [0.2, 0.25) is 0 Å². The molecule has 1 N–H and O–H groups in total. The molecule has 0 aromatic rings. The first-order valence-electron chi connectivity index (χ1n) is 6.75. The molecule has 1 aliphatic carbocycles. The molecule has 108 valence electrons. The molecule has 19 heavy (non-hydrogen) atoms. The Balaban J connectivity index is 2.67. The van der Waals surface area contributed by atoms with Crippen molar-refractivity contribution >= 4 is 15.7 Å². The lowest BCUT2D eigenvalue weighted by Gasteiger charge is -2.34. The summed E-state index contributed by atoms with van der Waals surface area (Å²) in [7, 11) is -3.35. The standard InChI is InChI=1S/C13H22N2O3S/c1-3-7-19(17,18)9-12(16)15-13(10-14)6-4-5-11(2)8-13/h11H,3-9H2,1-2H3,(H,15,16)/t11-,13+/m0/s1. The summed E-state index contributed by atoms with van der Waals surface area (Å²) in [5.41, 5.74) is -0.878. The molecule has 1 rings (SSSR count). The number of rotatable bonds is 5. The molecule has 1 fully saturated rings. The van der Waals surface area contributed by atoms with Gasteiger partial charge < -0.3 is 5.32 Å². The maximum Gasteiger partial charge on any atom is 0.236 e. The van der Waals surface area contributed by atoms with Crippen molar-refractivity contribution in [1.82, 2.24) is 5.32 Å². The molecule has 0 radical (unpaired) electrons. The number of amides is 1. The number of hydrogen-bond acceptors (Lipinski definition) is 4. The Morgan fingerprint density at radius 3 is 2.74 bits per heavy atom. The highest BCUT2D eigenvalue weighted by molar-refractivity contribution is 7.92. The average Bonchev–Trinajstić information content (AvgIpc) is 2.27. The summed E-state index contributed by atoms with van der Waals surface area (Å²) in [6.07, 6.45) is 3.64. The highest BCUT2D eigenvalue weighted by Crippen LogP contribution is 2.31. The van der Waals surface area contributed by atoms with Crippen LogP contribution in [0.5, 0.6) is 0 Å². The molecule has 5 nitrogen and oxygen atoms in total. The van der Waals surface area contributed by atoms with Gasteiger partial charge in [0.2, 0.25) is 5.91 Å². The number of sulfone groups is 1. The smallest absolute Gasteiger partial charge is 0.236 e. The van der Waals surface area contributed by atoms with Gasteiger partial charge in [0.15, 0.2) is 9.84 Å². The molecule has 1 aliphatic rings. The number of nitrogens with one attached hydrogen (secondary N) is 1. The van der Waals surface area contributed by atoms with Gasteiger partial charge in [-0.1, -0.05) is 20.3 Å². The van der Waals surface area contributed by atoms with Crippen LogP contribution in [0.4, 0.5) is 0 Å². The van der Waals surface area contributed by atoms with Gasteiger partial charge in [-0.15, -0.1) is 0 Å². The zero-order chi connectivity index (χ0) is 14.5. The lowest BCUT2D eigenvalue weighted by molar-refractivity contribution is -0.120. The summed E-state index contributed by atoms with van der Waals surface area (Å²) in [6.45, 7) is 3.81. The van der Waals surface area contributed by atoms with Crippen molar-refractivity contribution in [2.45, 2.75) is 51.5 Å². The topological polar surface area (TPSA) is 87.0 Å². The van der Waals surface area contributed by atoms with Gasteiger partial charge in [0.25, 0.3) is 0 Å². The average molecular weight is 286 g/mol. The third-order valence-electron chi connectivity index (χ3n) is 3.46. The molecule has 0 aromatic carbocycles. The van der Waals surface area contributed by atoms with Gasteiger partial charge >= 0.3 is 0 Å². The molecule has 2 atom stereocenters. The van der Waals surface area contributed by atoms with Gasteiger partial charge in [-0.2, -0.15) is 5.26 Å². The van der Waals surface area contributed by atoms with Crippen LogP contribution in [0, 0.1) is 17.2 Å². The van der Waals surface area contributed by atoms with Gasteiger partial charge in [0.05, 0.1) is 11.8 Å². The zero-order valence-electron chi connectivity index (χ0n) is 11.6. The Hall–Kier alpha value is -1.09. The summed E-state index contributed by atoms with van der Waals surface area (Å²) in [5, 5.41) is 11.9. The van der Waals surface area contributed by atoms with E-state index in [-0.39, 0.29) is 5.75 Å². The van der Waals surface area contributed by atoms with Crippen LogP contribution in [0.1, 0.15) is 46.0 Å². The molecule has 0 spiro atoms. The lowest BCUT2D eigenvalue weighted by Crippen LogP contribution is -2.51. The van der Waals surface area contributed by atoms with Gasteiger partial charge in [-0.25, -0.2) is 8.42 Å². The molecular weight excluding hydrogens is 264 g/mol.